The summed E-state index contributed by atoms with van der Waals surface area (Å²) in [5.74, 6) is -4.13. The van der Waals surface area contributed by atoms with E-state index in [-0.39, 0.29) is 5.91 Å². The van der Waals surface area contributed by atoms with Crippen molar-refractivity contribution in [2.24, 2.45) is 5.92 Å². The molecule has 13 nitrogen and oxygen atoms in total. The maximum absolute atomic E-state index is 13.1. The third kappa shape index (κ3) is 11.9. The van der Waals surface area contributed by atoms with Crippen LogP contribution in [-0.4, -0.2) is 73.7 Å². The van der Waals surface area contributed by atoms with E-state index in [9.17, 15) is 31.1 Å². The summed E-state index contributed by atoms with van der Waals surface area (Å²) in [6, 6.07) is 14.2. The lowest BCUT2D eigenvalue weighted by Crippen LogP contribution is -2.34. The first-order valence-electron chi connectivity index (χ1n) is 15.2. The SMILES string of the molecule is O=C(CC1CCN(c2nncs2)CC1)Nc1ccc2cc1CCc1cccc(c1)Nc1ncc(Cl)c(n1)N2.O=C(O)C(F)(F)F.O=C(O)C(F)(F)F. The summed E-state index contributed by atoms with van der Waals surface area (Å²) in [6.45, 7) is 1.81. The van der Waals surface area contributed by atoms with Gasteiger partial charge in [0, 0.05) is 36.6 Å². The molecule has 6 bridgehead atoms. The zero-order chi connectivity index (χ0) is 38.1. The molecule has 5 N–H and O–H groups in total. The van der Waals surface area contributed by atoms with E-state index in [0.29, 0.717) is 29.1 Å². The van der Waals surface area contributed by atoms with Crippen molar-refractivity contribution in [1.29, 1.82) is 0 Å². The number of amides is 1. The molecule has 278 valence electrons. The minimum Gasteiger partial charge on any atom is -0.475 e. The smallest absolute Gasteiger partial charge is 0.475 e. The van der Waals surface area contributed by atoms with Crippen LogP contribution in [0.1, 0.15) is 30.4 Å². The standard InChI is InChI=1S/C27H27ClN8OS.2C2HF3O2/c28-22-15-29-26-32-20-3-1-2-17(12-20)4-5-19-14-21(31-25(22)34-26)6-7-23(19)33-24(37)13-18-8-10-36(11-9-18)27-35-30-16-38-27;2*3-2(4,5)1(6)7/h1-3,6-7,12,14-16,18H,4-5,8-11,13H2,(H,33,37)(H2,29,31,32,34);2*(H,6,7). The van der Waals surface area contributed by atoms with Crippen molar-refractivity contribution in [2.75, 3.05) is 33.9 Å². The van der Waals surface area contributed by atoms with Gasteiger partial charge in [0.25, 0.3) is 0 Å². The van der Waals surface area contributed by atoms with E-state index >= 15 is 0 Å². The lowest BCUT2D eigenvalue weighted by Gasteiger charge is -2.31. The summed E-state index contributed by atoms with van der Waals surface area (Å²) in [5, 5.41) is 33.5. The molecular weight excluding hydrogens is 746 g/mol. The van der Waals surface area contributed by atoms with Gasteiger partial charge in [-0.15, -0.1) is 10.2 Å². The molecule has 0 radical (unpaired) electrons. The number of halogens is 7. The van der Waals surface area contributed by atoms with E-state index in [0.717, 1.165) is 66.5 Å². The van der Waals surface area contributed by atoms with Gasteiger partial charge in [-0.05, 0) is 73.1 Å². The number of hydrogen-bond donors (Lipinski definition) is 5. The van der Waals surface area contributed by atoms with Gasteiger partial charge < -0.3 is 31.1 Å². The summed E-state index contributed by atoms with van der Waals surface area (Å²) in [5.41, 5.74) is 6.59. The van der Waals surface area contributed by atoms with Gasteiger partial charge in [0.15, 0.2) is 5.82 Å². The topological polar surface area (TPSA) is 183 Å². The normalized spacial score (nSPS) is 14.2. The number of carboxylic acids is 2. The predicted molar refractivity (Wildman–Crippen MR) is 179 cm³/mol. The van der Waals surface area contributed by atoms with Gasteiger partial charge in [-0.25, -0.2) is 14.6 Å². The van der Waals surface area contributed by atoms with Crippen LogP contribution in [0.2, 0.25) is 5.02 Å². The van der Waals surface area contributed by atoms with Gasteiger partial charge in [-0.3, -0.25) is 4.79 Å². The highest BCUT2D eigenvalue weighted by atomic mass is 35.5. The van der Waals surface area contributed by atoms with E-state index in [1.165, 1.54) is 5.56 Å². The van der Waals surface area contributed by atoms with Crippen molar-refractivity contribution in [2.45, 2.75) is 44.5 Å². The van der Waals surface area contributed by atoms with Crippen LogP contribution in [0.15, 0.2) is 54.2 Å². The predicted octanol–water partition coefficient (Wildman–Crippen LogP) is 7.08. The monoisotopic (exact) mass is 774 g/mol. The molecule has 52 heavy (non-hydrogen) atoms. The van der Waals surface area contributed by atoms with Crippen LogP contribution in [-0.2, 0) is 27.2 Å². The molecule has 2 aromatic carbocycles. The number of nitrogens with one attached hydrogen (secondary N) is 3. The fourth-order valence-corrected chi connectivity index (χ4v) is 5.71. The Labute approximate surface area is 300 Å². The maximum atomic E-state index is 13.1. The minimum absolute atomic E-state index is 0.0499. The average Bonchev–Trinajstić information content (AvgIpc) is 3.62. The van der Waals surface area contributed by atoms with E-state index in [1.54, 1.807) is 23.0 Å². The quantitative estimate of drug-likeness (QED) is 0.133. The number of carbonyl (C=O) groups excluding carboxylic acids is 1. The number of aliphatic carboxylic acids is 2. The number of nitrogens with zero attached hydrogens (tertiary/aromatic N) is 5. The molecule has 2 aromatic heterocycles. The number of fused-ring (bicyclic) bond motifs is 6. The second kappa shape index (κ2) is 17.3. The van der Waals surface area contributed by atoms with Crippen LogP contribution in [0.3, 0.4) is 0 Å². The molecule has 0 saturated carbocycles. The summed E-state index contributed by atoms with van der Waals surface area (Å²) in [4.78, 5) is 42.0. The van der Waals surface area contributed by atoms with Crippen LogP contribution >= 0.6 is 22.9 Å². The van der Waals surface area contributed by atoms with Crippen LogP contribution in [0, 0.1) is 5.92 Å². The number of aryl methyl sites for hydroxylation is 2. The van der Waals surface area contributed by atoms with Crippen LogP contribution in [0.25, 0.3) is 0 Å². The van der Waals surface area contributed by atoms with E-state index < -0.39 is 24.3 Å². The van der Waals surface area contributed by atoms with Gasteiger partial charge in [-0.2, -0.15) is 31.3 Å². The molecular formula is C31H29ClF6N8O5S. The number of carboxylic acid groups (broad SMARTS) is 2. The Morgan fingerprint density at radius 3 is 2.21 bits per heavy atom. The van der Waals surface area contributed by atoms with E-state index in [2.05, 4.69) is 59.2 Å². The fourth-order valence-electron chi connectivity index (χ4n) is 4.96. The Balaban J connectivity index is 0.000000367. The minimum atomic E-state index is -5.08. The lowest BCUT2D eigenvalue weighted by atomic mass is 9.93. The first-order chi connectivity index (χ1) is 24.5. The van der Waals surface area contributed by atoms with E-state index in [1.807, 2.05) is 24.3 Å². The maximum Gasteiger partial charge on any atom is 0.490 e. The molecule has 0 unspecified atom stereocenters. The zero-order valence-corrected chi connectivity index (χ0v) is 28.2. The van der Waals surface area contributed by atoms with Crippen molar-refractivity contribution in [3.05, 3.63) is 70.3 Å². The van der Waals surface area contributed by atoms with Gasteiger partial charge in [0.05, 0.1) is 6.20 Å². The molecule has 0 aliphatic carbocycles. The second-order valence-corrected chi connectivity index (χ2v) is 12.4. The van der Waals surface area contributed by atoms with Gasteiger partial charge in [0.1, 0.15) is 10.5 Å². The van der Waals surface area contributed by atoms with Crippen molar-refractivity contribution in [1.82, 2.24) is 20.2 Å². The number of benzene rings is 2. The molecule has 1 saturated heterocycles. The molecule has 0 spiro atoms. The number of carbonyl (C=O) groups is 3. The summed E-state index contributed by atoms with van der Waals surface area (Å²) in [6.07, 6.45) is -4.55. The van der Waals surface area contributed by atoms with Crippen molar-refractivity contribution in [3.63, 3.8) is 0 Å². The first kappa shape index (κ1) is 39.5. The Morgan fingerprint density at radius 2 is 1.60 bits per heavy atom. The van der Waals surface area contributed by atoms with Crippen molar-refractivity contribution >= 4 is 74.7 Å². The molecule has 4 aromatic rings. The lowest BCUT2D eigenvalue weighted by molar-refractivity contribution is -0.193. The first-order valence-corrected chi connectivity index (χ1v) is 16.4. The Morgan fingerprint density at radius 1 is 0.942 bits per heavy atom. The Hall–Kier alpha value is -5.24. The number of alkyl halides is 6. The number of piperidine rings is 1. The highest BCUT2D eigenvalue weighted by molar-refractivity contribution is 7.13. The van der Waals surface area contributed by atoms with Crippen LogP contribution < -0.4 is 20.9 Å². The molecule has 1 fully saturated rings. The average molecular weight is 775 g/mol. The van der Waals surface area contributed by atoms with Crippen molar-refractivity contribution < 1.29 is 50.9 Å². The number of aromatic nitrogens is 4. The summed E-state index contributed by atoms with van der Waals surface area (Å²) >= 11 is 7.94. The summed E-state index contributed by atoms with van der Waals surface area (Å²) < 4.78 is 63.5. The zero-order valence-electron chi connectivity index (χ0n) is 26.6. The molecule has 0 atom stereocenters. The van der Waals surface area contributed by atoms with E-state index in [4.69, 9.17) is 31.4 Å². The Bertz CT molecular complexity index is 1830. The summed E-state index contributed by atoms with van der Waals surface area (Å²) in [7, 11) is 0. The third-order valence-electron chi connectivity index (χ3n) is 7.44. The number of anilines is 6. The van der Waals surface area contributed by atoms with Gasteiger partial charge in [-0.1, -0.05) is 35.1 Å². The number of rotatable bonds is 4. The highest BCUT2D eigenvalue weighted by Crippen LogP contribution is 2.31. The highest BCUT2D eigenvalue weighted by Gasteiger charge is 2.39. The van der Waals surface area contributed by atoms with Crippen LogP contribution in [0.4, 0.5) is 60.3 Å². The molecule has 21 heteroatoms. The molecule has 2 aliphatic heterocycles. The molecule has 6 rings (SSSR count). The Kier molecular flexibility index (Phi) is 13.2. The second-order valence-electron chi connectivity index (χ2n) is 11.2. The van der Waals surface area contributed by atoms with Gasteiger partial charge >= 0.3 is 24.3 Å². The fraction of sp³-hybridized carbons (Fsp3) is 0.323. The number of hydrogen-bond acceptors (Lipinski definition) is 11. The molecule has 2 aliphatic rings. The third-order valence-corrected chi connectivity index (χ3v) is 8.47. The van der Waals surface area contributed by atoms with Gasteiger partial charge in [0.2, 0.25) is 17.0 Å². The van der Waals surface area contributed by atoms with Crippen LogP contribution in [0.5, 0.6) is 0 Å². The van der Waals surface area contributed by atoms with Crippen molar-refractivity contribution in [3.8, 4) is 0 Å². The largest absolute Gasteiger partial charge is 0.490 e. The molecule has 4 heterocycles. The molecule has 1 amide bonds.